The fourth-order valence-electron chi connectivity index (χ4n) is 8.02. The molecular formula is C29H33N3O4S2. The molecule has 1 saturated carbocycles. The van der Waals surface area contributed by atoms with E-state index in [0.29, 0.717) is 37.4 Å². The van der Waals surface area contributed by atoms with E-state index in [-0.39, 0.29) is 36.2 Å². The van der Waals surface area contributed by atoms with Gasteiger partial charge in [-0.25, -0.2) is 13.4 Å². The third-order valence-electron chi connectivity index (χ3n) is 9.51. The van der Waals surface area contributed by atoms with Crippen molar-refractivity contribution >= 4 is 37.4 Å². The van der Waals surface area contributed by atoms with Gasteiger partial charge in [0.15, 0.2) is 0 Å². The number of sulfonamides is 1. The van der Waals surface area contributed by atoms with Crippen LogP contribution in [0.5, 0.6) is 0 Å². The number of aromatic nitrogens is 1. The number of hydrogen-bond donors (Lipinski definition) is 0. The minimum absolute atomic E-state index is 0.0448. The molecule has 5 atom stereocenters. The zero-order chi connectivity index (χ0) is 26.4. The first kappa shape index (κ1) is 24.8. The summed E-state index contributed by atoms with van der Waals surface area (Å²) in [6.07, 6.45) is 0.733. The smallest absolute Gasteiger partial charge is 0.243 e. The molecule has 1 aromatic heterocycles. The molecule has 4 aliphatic rings. The van der Waals surface area contributed by atoms with Crippen molar-refractivity contribution in [3.63, 3.8) is 0 Å². The van der Waals surface area contributed by atoms with Crippen LogP contribution in [0.3, 0.4) is 0 Å². The van der Waals surface area contributed by atoms with Crippen molar-refractivity contribution in [3.05, 3.63) is 59.1 Å². The van der Waals surface area contributed by atoms with Crippen LogP contribution in [0.2, 0.25) is 0 Å². The number of morpholine rings is 1. The van der Waals surface area contributed by atoms with Gasteiger partial charge in [-0.2, -0.15) is 4.31 Å². The molecule has 2 aromatic carbocycles. The molecule has 2 bridgehead atoms. The highest BCUT2D eigenvalue weighted by Gasteiger charge is 2.76. The van der Waals surface area contributed by atoms with Gasteiger partial charge in [-0.3, -0.25) is 9.69 Å². The molecule has 38 heavy (non-hydrogen) atoms. The number of carbonyl (C=O) groups excluding carboxylic acids is 1. The zero-order valence-electron chi connectivity index (χ0n) is 22.0. The Hall–Kier alpha value is -2.17. The van der Waals surface area contributed by atoms with E-state index >= 15 is 0 Å². The summed E-state index contributed by atoms with van der Waals surface area (Å²) in [6.45, 7) is 8.41. The van der Waals surface area contributed by atoms with Crippen LogP contribution in [0, 0.1) is 24.7 Å². The number of ether oxygens (including phenoxy) is 1. The number of carbonyl (C=O) groups is 1. The molecule has 9 heteroatoms. The van der Waals surface area contributed by atoms with E-state index in [2.05, 4.69) is 24.8 Å². The fourth-order valence-corrected chi connectivity index (χ4v) is 11.0. The summed E-state index contributed by atoms with van der Waals surface area (Å²) < 4.78 is 38.2. The molecule has 7 nitrogen and oxygen atoms in total. The second-order valence-corrected chi connectivity index (χ2v) is 14.9. The van der Waals surface area contributed by atoms with Gasteiger partial charge in [-0.05, 0) is 43.5 Å². The molecule has 0 amide bonds. The van der Waals surface area contributed by atoms with E-state index < -0.39 is 21.2 Å². The highest BCUT2D eigenvalue weighted by Crippen LogP contribution is 2.63. The molecule has 4 heterocycles. The minimum atomic E-state index is -3.79. The Labute approximate surface area is 227 Å². The highest BCUT2D eigenvalue weighted by molar-refractivity contribution is 7.89. The number of benzene rings is 2. The van der Waals surface area contributed by atoms with E-state index in [0.717, 1.165) is 20.8 Å². The number of para-hydroxylation sites is 1. The van der Waals surface area contributed by atoms with Gasteiger partial charge in [-0.15, -0.1) is 11.3 Å². The van der Waals surface area contributed by atoms with E-state index in [1.165, 1.54) is 0 Å². The Morgan fingerprint density at radius 1 is 1.13 bits per heavy atom. The van der Waals surface area contributed by atoms with E-state index in [9.17, 15) is 13.2 Å². The zero-order valence-corrected chi connectivity index (χ0v) is 23.6. The number of nitrogens with zero attached hydrogens (tertiary/aromatic N) is 3. The van der Waals surface area contributed by atoms with Crippen LogP contribution in [0.4, 0.5) is 0 Å². The quantitative estimate of drug-likeness (QED) is 0.472. The predicted molar refractivity (Wildman–Crippen MR) is 146 cm³/mol. The van der Waals surface area contributed by atoms with Crippen molar-refractivity contribution in [1.82, 2.24) is 14.2 Å². The van der Waals surface area contributed by atoms with Crippen LogP contribution in [-0.2, 0) is 26.1 Å². The van der Waals surface area contributed by atoms with Gasteiger partial charge in [0.1, 0.15) is 16.4 Å². The summed E-state index contributed by atoms with van der Waals surface area (Å²) in [6, 6.07) is 15.3. The minimum Gasteiger partial charge on any atom is -0.367 e. The normalized spacial score (nSPS) is 33.4. The van der Waals surface area contributed by atoms with Gasteiger partial charge in [0.05, 0.1) is 33.7 Å². The highest BCUT2D eigenvalue weighted by atomic mass is 32.2. The average molecular weight is 552 g/mol. The summed E-state index contributed by atoms with van der Waals surface area (Å²) in [4.78, 5) is 21.0. The van der Waals surface area contributed by atoms with Crippen molar-refractivity contribution < 1.29 is 17.9 Å². The molecule has 3 aliphatic heterocycles. The van der Waals surface area contributed by atoms with E-state index in [4.69, 9.17) is 9.72 Å². The molecule has 200 valence electrons. The molecule has 3 saturated heterocycles. The van der Waals surface area contributed by atoms with Crippen LogP contribution >= 0.6 is 11.3 Å². The maximum atomic E-state index is 14.3. The maximum Gasteiger partial charge on any atom is 0.243 e. The Morgan fingerprint density at radius 2 is 1.89 bits per heavy atom. The van der Waals surface area contributed by atoms with Crippen LogP contribution < -0.4 is 0 Å². The summed E-state index contributed by atoms with van der Waals surface area (Å²) in [5, 5.41) is 1.04. The van der Waals surface area contributed by atoms with Crippen LogP contribution in [0.1, 0.15) is 37.3 Å². The molecule has 0 unspecified atom stereocenters. The van der Waals surface area contributed by atoms with Crippen LogP contribution in [-0.4, -0.2) is 65.3 Å². The second-order valence-electron chi connectivity index (χ2n) is 11.9. The number of thiazole rings is 1. The fraction of sp³-hybridized carbons (Fsp3) is 0.517. The predicted octanol–water partition coefficient (Wildman–Crippen LogP) is 4.25. The van der Waals surface area contributed by atoms with E-state index in [1.807, 2.05) is 37.3 Å². The average Bonchev–Trinajstić information content (AvgIpc) is 3.49. The third kappa shape index (κ3) is 3.38. The van der Waals surface area contributed by atoms with E-state index in [1.54, 1.807) is 27.8 Å². The molecule has 7 rings (SSSR count). The van der Waals surface area contributed by atoms with Crippen molar-refractivity contribution in [2.45, 2.75) is 62.3 Å². The van der Waals surface area contributed by atoms with Gasteiger partial charge >= 0.3 is 0 Å². The molecule has 0 radical (unpaired) electrons. The molecule has 1 aliphatic carbocycles. The number of hydrogen-bond acceptors (Lipinski definition) is 7. The molecule has 1 spiro atoms. The second kappa shape index (κ2) is 8.41. The first-order valence-electron chi connectivity index (χ1n) is 13.5. The number of rotatable bonds is 5. The number of fused-ring (bicyclic) bond motifs is 3. The Morgan fingerprint density at radius 3 is 2.63 bits per heavy atom. The Kier molecular flexibility index (Phi) is 5.50. The summed E-state index contributed by atoms with van der Waals surface area (Å²) in [5.41, 5.74) is 0.665. The number of ketones is 1. The van der Waals surface area contributed by atoms with Crippen molar-refractivity contribution in [2.24, 2.45) is 17.8 Å². The molecule has 3 aromatic rings. The van der Waals surface area contributed by atoms with Gasteiger partial charge in [0.25, 0.3) is 0 Å². The monoisotopic (exact) mass is 551 g/mol. The van der Waals surface area contributed by atoms with Gasteiger partial charge in [0, 0.05) is 37.5 Å². The summed E-state index contributed by atoms with van der Waals surface area (Å²) >= 11 is 1.70. The van der Waals surface area contributed by atoms with Crippen LogP contribution in [0.15, 0.2) is 53.4 Å². The lowest BCUT2D eigenvalue weighted by atomic mass is 9.60. The summed E-state index contributed by atoms with van der Waals surface area (Å²) in [7, 11) is -3.79. The molecule has 0 N–H and O–H groups in total. The standard InChI is InChI=1S/C29H33N3O4S2/c1-18(2)29-13-12-22(33)26-23-14-31(15-25-30-21-6-4-5-7-24(21)37-25)16-28(36-23,27(26)29)17-32(29)38(34,35)20-10-8-19(3)9-11-20/h4-11,18,23,26-27H,12-17H2,1-3H3/t23-,26-,27-,28-,29+/m1/s1. The number of likely N-dealkylation sites (tertiary alicyclic amines) is 1. The lowest BCUT2D eigenvalue weighted by Gasteiger charge is -2.49. The summed E-state index contributed by atoms with van der Waals surface area (Å²) in [5.74, 6) is -0.149. The number of Topliss-reactive ketones (excluding diaryl/α,β-unsaturated/α-hetero) is 1. The first-order valence-corrected chi connectivity index (χ1v) is 15.8. The molecular weight excluding hydrogens is 518 g/mol. The first-order chi connectivity index (χ1) is 18.1. The van der Waals surface area contributed by atoms with Gasteiger partial charge in [0.2, 0.25) is 10.0 Å². The largest absolute Gasteiger partial charge is 0.367 e. The van der Waals surface area contributed by atoms with Crippen LogP contribution in [0.25, 0.3) is 10.2 Å². The van der Waals surface area contributed by atoms with Gasteiger partial charge in [-0.1, -0.05) is 43.7 Å². The lowest BCUT2D eigenvalue weighted by molar-refractivity contribution is -0.134. The van der Waals surface area contributed by atoms with Gasteiger partial charge < -0.3 is 4.74 Å². The Balaban J connectivity index is 1.30. The lowest BCUT2D eigenvalue weighted by Crippen LogP contribution is -2.60. The Bertz CT molecular complexity index is 1500. The maximum absolute atomic E-state index is 14.3. The third-order valence-corrected chi connectivity index (χ3v) is 12.4. The number of aryl methyl sites for hydroxylation is 1. The van der Waals surface area contributed by atoms with Crippen molar-refractivity contribution in [2.75, 3.05) is 19.6 Å². The van der Waals surface area contributed by atoms with Crippen molar-refractivity contribution in [1.29, 1.82) is 0 Å². The SMILES string of the molecule is Cc1ccc(S(=O)(=O)N2C[C@@]34CN(Cc5nc6ccccc6s5)C[C@@H](O3)[C@H]3C(=O)CC[C@]2(C(C)C)[C@H]34)cc1. The topological polar surface area (TPSA) is 79.8 Å². The molecule has 4 fully saturated rings. The van der Waals surface area contributed by atoms with Crippen molar-refractivity contribution in [3.8, 4) is 0 Å².